The molecular formula is C16H17F3N4O. The van der Waals surface area contributed by atoms with Gasteiger partial charge in [-0.3, -0.25) is 4.79 Å². The van der Waals surface area contributed by atoms with Gasteiger partial charge in [0.15, 0.2) is 0 Å². The molecule has 1 saturated heterocycles. The van der Waals surface area contributed by atoms with Crippen molar-refractivity contribution < 1.29 is 18.0 Å². The minimum atomic E-state index is -4.51. The van der Waals surface area contributed by atoms with E-state index >= 15 is 0 Å². The molecule has 0 bridgehead atoms. The van der Waals surface area contributed by atoms with Gasteiger partial charge in [0.05, 0.1) is 11.9 Å². The third-order valence-corrected chi connectivity index (χ3v) is 4.18. The van der Waals surface area contributed by atoms with Gasteiger partial charge in [-0.2, -0.15) is 18.3 Å². The Morgan fingerprint density at radius 2 is 2.12 bits per heavy atom. The molecule has 1 atom stereocenters. The number of carbonyl (C=O) groups excluding carboxylic acids is 1. The van der Waals surface area contributed by atoms with Crippen molar-refractivity contribution in [3.05, 3.63) is 47.8 Å². The normalized spacial score (nSPS) is 18.2. The number of halogens is 3. The van der Waals surface area contributed by atoms with Crippen molar-refractivity contribution in [2.45, 2.75) is 12.6 Å². The number of aromatic nitrogens is 2. The summed E-state index contributed by atoms with van der Waals surface area (Å²) < 4.78 is 39.8. The second kappa shape index (κ2) is 6.27. The SMILES string of the molecule is NC[C@@H]1CCN(C(=O)c2cccc(-n3nccc3C(F)(F)F)c2)C1. The standard InChI is InChI=1S/C16H17F3N4O/c17-16(18,19)14-4-6-21-23(14)13-3-1-2-12(8-13)15(24)22-7-5-11(9-20)10-22/h1-4,6,8,11H,5,7,9-10,20H2/t11-/m0/s1. The molecule has 5 nitrogen and oxygen atoms in total. The lowest BCUT2D eigenvalue weighted by Gasteiger charge is -2.17. The average molecular weight is 338 g/mol. The number of rotatable bonds is 3. The summed E-state index contributed by atoms with van der Waals surface area (Å²) in [5.74, 6) is 0.0774. The van der Waals surface area contributed by atoms with E-state index in [-0.39, 0.29) is 17.5 Å². The molecule has 0 saturated carbocycles. The van der Waals surface area contributed by atoms with Gasteiger partial charge in [-0.05, 0) is 43.1 Å². The summed E-state index contributed by atoms with van der Waals surface area (Å²) in [6.07, 6.45) is -2.58. The van der Waals surface area contributed by atoms with E-state index in [1.165, 1.54) is 12.1 Å². The van der Waals surface area contributed by atoms with Gasteiger partial charge in [0, 0.05) is 18.7 Å². The molecule has 1 aromatic heterocycles. The van der Waals surface area contributed by atoms with Crippen LogP contribution >= 0.6 is 0 Å². The maximum absolute atomic E-state index is 13.0. The van der Waals surface area contributed by atoms with Gasteiger partial charge in [0.25, 0.3) is 5.91 Å². The van der Waals surface area contributed by atoms with Crippen molar-refractivity contribution in [2.75, 3.05) is 19.6 Å². The van der Waals surface area contributed by atoms with Crippen molar-refractivity contribution in [1.29, 1.82) is 0 Å². The quantitative estimate of drug-likeness (QED) is 0.934. The molecule has 3 rings (SSSR count). The molecule has 1 fully saturated rings. The first-order valence-electron chi connectivity index (χ1n) is 7.61. The Morgan fingerprint density at radius 3 is 2.79 bits per heavy atom. The lowest BCUT2D eigenvalue weighted by Crippen LogP contribution is -2.30. The average Bonchev–Trinajstić information content (AvgIpc) is 3.23. The second-order valence-corrected chi connectivity index (χ2v) is 5.82. The minimum absolute atomic E-state index is 0.200. The van der Waals surface area contributed by atoms with Crippen LogP contribution in [0, 0.1) is 5.92 Å². The van der Waals surface area contributed by atoms with Gasteiger partial charge in [0.1, 0.15) is 5.69 Å². The topological polar surface area (TPSA) is 64.2 Å². The number of hydrogen-bond acceptors (Lipinski definition) is 3. The van der Waals surface area contributed by atoms with Crippen LogP contribution in [-0.4, -0.2) is 40.2 Å². The molecule has 0 aliphatic carbocycles. The molecule has 0 unspecified atom stereocenters. The van der Waals surface area contributed by atoms with Crippen LogP contribution in [0.3, 0.4) is 0 Å². The highest BCUT2D eigenvalue weighted by Crippen LogP contribution is 2.30. The van der Waals surface area contributed by atoms with Crippen LogP contribution < -0.4 is 5.73 Å². The highest BCUT2D eigenvalue weighted by atomic mass is 19.4. The largest absolute Gasteiger partial charge is 0.433 e. The first-order chi connectivity index (χ1) is 11.4. The van der Waals surface area contributed by atoms with E-state index in [0.29, 0.717) is 25.2 Å². The number of nitrogens with two attached hydrogens (primary N) is 1. The van der Waals surface area contributed by atoms with Crippen molar-refractivity contribution >= 4 is 5.91 Å². The van der Waals surface area contributed by atoms with Crippen LogP contribution in [0.4, 0.5) is 13.2 Å². The number of amides is 1. The van der Waals surface area contributed by atoms with Crippen LogP contribution in [0.1, 0.15) is 22.5 Å². The van der Waals surface area contributed by atoms with E-state index in [1.54, 1.807) is 17.0 Å². The number of hydrogen-bond donors (Lipinski definition) is 1. The van der Waals surface area contributed by atoms with Crippen molar-refractivity contribution in [1.82, 2.24) is 14.7 Å². The molecule has 24 heavy (non-hydrogen) atoms. The first-order valence-corrected chi connectivity index (χ1v) is 7.61. The summed E-state index contributed by atoms with van der Waals surface area (Å²) >= 11 is 0. The molecule has 1 aromatic carbocycles. The monoisotopic (exact) mass is 338 g/mol. The Kier molecular flexibility index (Phi) is 4.31. The van der Waals surface area contributed by atoms with Crippen molar-refractivity contribution in [2.24, 2.45) is 11.7 Å². The van der Waals surface area contributed by atoms with Gasteiger partial charge in [-0.1, -0.05) is 6.07 Å². The summed E-state index contributed by atoms with van der Waals surface area (Å²) in [4.78, 5) is 14.2. The lowest BCUT2D eigenvalue weighted by molar-refractivity contribution is -0.142. The zero-order valence-electron chi connectivity index (χ0n) is 12.8. The molecule has 8 heteroatoms. The second-order valence-electron chi connectivity index (χ2n) is 5.82. The van der Waals surface area contributed by atoms with Crippen LogP contribution in [0.5, 0.6) is 0 Å². The zero-order valence-corrected chi connectivity index (χ0v) is 12.8. The minimum Gasteiger partial charge on any atom is -0.338 e. The molecule has 0 radical (unpaired) electrons. The van der Waals surface area contributed by atoms with Gasteiger partial charge in [-0.15, -0.1) is 0 Å². The molecule has 2 aromatic rings. The van der Waals surface area contributed by atoms with E-state index in [2.05, 4.69) is 5.10 Å². The van der Waals surface area contributed by atoms with Crippen LogP contribution in [0.2, 0.25) is 0 Å². The Morgan fingerprint density at radius 1 is 1.33 bits per heavy atom. The predicted molar refractivity (Wildman–Crippen MR) is 81.6 cm³/mol. The number of likely N-dealkylation sites (tertiary alicyclic amines) is 1. The fourth-order valence-corrected chi connectivity index (χ4v) is 2.89. The van der Waals surface area contributed by atoms with E-state index in [1.807, 2.05) is 0 Å². The maximum Gasteiger partial charge on any atom is 0.433 e. The summed E-state index contributed by atoms with van der Waals surface area (Å²) in [6.45, 7) is 1.71. The molecule has 0 spiro atoms. The van der Waals surface area contributed by atoms with Crippen LogP contribution in [0.25, 0.3) is 5.69 Å². The van der Waals surface area contributed by atoms with E-state index < -0.39 is 11.9 Å². The Labute approximate surface area is 136 Å². The Bertz CT molecular complexity index is 741. The Balaban J connectivity index is 1.88. The summed E-state index contributed by atoms with van der Waals surface area (Å²) in [5, 5.41) is 3.73. The van der Waals surface area contributed by atoms with Crippen LogP contribution in [-0.2, 0) is 6.18 Å². The third kappa shape index (κ3) is 3.14. The number of alkyl halides is 3. The van der Waals surface area contributed by atoms with Crippen LogP contribution in [0.15, 0.2) is 36.5 Å². The molecular weight excluding hydrogens is 321 g/mol. The predicted octanol–water partition coefficient (Wildman–Crippen LogP) is 2.31. The molecule has 128 valence electrons. The summed E-state index contributed by atoms with van der Waals surface area (Å²) in [7, 11) is 0. The number of benzene rings is 1. The number of nitrogens with zero attached hydrogens (tertiary/aromatic N) is 3. The van der Waals surface area contributed by atoms with E-state index in [0.717, 1.165) is 23.4 Å². The summed E-state index contributed by atoms with van der Waals surface area (Å²) in [5.41, 5.74) is 5.29. The lowest BCUT2D eigenvalue weighted by atomic mass is 10.1. The Hall–Kier alpha value is -2.35. The molecule has 2 heterocycles. The third-order valence-electron chi connectivity index (χ3n) is 4.18. The van der Waals surface area contributed by atoms with Gasteiger partial charge in [-0.25, -0.2) is 4.68 Å². The number of carbonyl (C=O) groups is 1. The molecule has 2 N–H and O–H groups in total. The molecule has 1 amide bonds. The highest BCUT2D eigenvalue weighted by molar-refractivity contribution is 5.95. The zero-order chi connectivity index (χ0) is 17.3. The smallest absolute Gasteiger partial charge is 0.338 e. The molecule has 1 aliphatic rings. The van der Waals surface area contributed by atoms with Gasteiger partial charge < -0.3 is 10.6 Å². The van der Waals surface area contributed by atoms with Crippen molar-refractivity contribution in [3.63, 3.8) is 0 Å². The first kappa shape index (κ1) is 16.5. The fraction of sp³-hybridized carbons (Fsp3) is 0.375. The van der Waals surface area contributed by atoms with E-state index in [9.17, 15) is 18.0 Å². The van der Waals surface area contributed by atoms with Gasteiger partial charge >= 0.3 is 6.18 Å². The highest BCUT2D eigenvalue weighted by Gasteiger charge is 2.35. The van der Waals surface area contributed by atoms with Crippen molar-refractivity contribution in [3.8, 4) is 5.69 Å². The van der Waals surface area contributed by atoms with Gasteiger partial charge in [0.2, 0.25) is 0 Å². The fourth-order valence-electron chi connectivity index (χ4n) is 2.89. The summed E-state index contributed by atoms with van der Waals surface area (Å²) in [6, 6.07) is 6.98. The molecule has 1 aliphatic heterocycles. The van der Waals surface area contributed by atoms with E-state index in [4.69, 9.17) is 5.73 Å². The maximum atomic E-state index is 13.0.